The van der Waals surface area contributed by atoms with E-state index in [1.54, 1.807) is 17.7 Å². The first-order valence-corrected chi connectivity index (χ1v) is 9.52. The van der Waals surface area contributed by atoms with E-state index in [1.807, 2.05) is 15.2 Å². The van der Waals surface area contributed by atoms with Crippen LogP contribution in [0, 0.1) is 0 Å². The van der Waals surface area contributed by atoms with Crippen molar-refractivity contribution in [3.05, 3.63) is 22.7 Å². The molecule has 2 saturated heterocycles. The monoisotopic (exact) mass is 348 g/mol. The molecule has 0 unspecified atom stereocenters. The first-order chi connectivity index (χ1) is 11.7. The molecule has 2 amide bonds. The molecule has 0 aromatic carbocycles. The summed E-state index contributed by atoms with van der Waals surface area (Å²) in [5.74, 6) is 0.256. The molecule has 0 bridgehead atoms. The topological polar surface area (TPSA) is 56.8 Å². The van der Waals surface area contributed by atoms with Gasteiger partial charge in [-0.05, 0) is 25.3 Å². The van der Waals surface area contributed by atoms with Crippen molar-refractivity contribution in [3.63, 3.8) is 0 Å². The van der Waals surface area contributed by atoms with Crippen LogP contribution >= 0.6 is 11.3 Å². The Labute approximate surface area is 146 Å². The molecule has 1 aromatic heterocycles. The summed E-state index contributed by atoms with van der Waals surface area (Å²) in [5.41, 5.74) is 2.58. The quantitative estimate of drug-likeness (QED) is 0.770. The Hall–Kier alpha value is -1.73. The highest BCUT2D eigenvalue weighted by Crippen LogP contribution is 2.10. The summed E-state index contributed by atoms with van der Waals surface area (Å²) in [6, 6.07) is 0. The molecular weight excluding hydrogens is 324 g/mol. The molecule has 0 atom stereocenters. The highest BCUT2D eigenvalue weighted by atomic mass is 32.1. The number of hydrogen-bond acceptors (Lipinski definition) is 5. The number of amides is 2. The zero-order valence-corrected chi connectivity index (χ0v) is 14.7. The van der Waals surface area contributed by atoms with E-state index in [2.05, 4.69) is 9.88 Å². The summed E-state index contributed by atoms with van der Waals surface area (Å²) in [4.78, 5) is 34.7. The lowest BCUT2D eigenvalue weighted by Crippen LogP contribution is -2.41. The standard InChI is InChI=1S/C17H24N4O2S/c22-16(5-4-15-13-24-14-18-15)21-9-3-6-19(10-11-21)12-17(23)20-7-1-2-8-20/h4-5,13-14H,1-3,6-12H2/b5-4-. The van der Waals surface area contributed by atoms with Gasteiger partial charge in [0.05, 0.1) is 17.7 Å². The number of thiazole rings is 1. The van der Waals surface area contributed by atoms with Crippen molar-refractivity contribution >= 4 is 29.2 Å². The summed E-state index contributed by atoms with van der Waals surface area (Å²) < 4.78 is 0. The van der Waals surface area contributed by atoms with Crippen molar-refractivity contribution < 1.29 is 9.59 Å². The molecule has 0 N–H and O–H groups in total. The highest BCUT2D eigenvalue weighted by Gasteiger charge is 2.23. The van der Waals surface area contributed by atoms with Gasteiger partial charge in [0.2, 0.25) is 11.8 Å². The van der Waals surface area contributed by atoms with Crippen LogP contribution in [-0.4, -0.2) is 77.3 Å². The molecule has 0 saturated carbocycles. The van der Waals surface area contributed by atoms with Crippen LogP contribution in [-0.2, 0) is 9.59 Å². The maximum absolute atomic E-state index is 12.3. The molecule has 3 rings (SSSR count). The molecule has 6 nitrogen and oxygen atoms in total. The van der Waals surface area contributed by atoms with Gasteiger partial charge in [0.1, 0.15) is 0 Å². The Kier molecular flexibility index (Phi) is 5.98. The SMILES string of the molecule is O=C(/C=C\c1cscn1)N1CCCN(CC(=O)N2CCCC2)CC1. The third-order valence-corrected chi connectivity index (χ3v) is 5.17. The minimum absolute atomic E-state index is 0.0238. The molecule has 0 spiro atoms. The van der Waals surface area contributed by atoms with Crippen LogP contribution in [0.25, 0.3) is 6.08 Å². The van der Waals surface area contributed by atoms with Crippen molar-refractivity contribution in [2.45, 2.75) is 19.3 Å². The van der Waals surface area contributed by atoms with Crippen LogP contribution in [0.15, 0.2) is 17.0 Å². The van der Waals surface area contributed by atoms with Crippen molar-refractivity contribution in [1.82, 2.24) is 19.7 Å². The van der Waals surface area contributed by atoms with E-state index in [4.69, 9.17) is 0 Å². The van der Waals surface area contributed by atoms with Crippen molar-refractivity contribution in [2.75, 3.05) is 45.8 Å². The van der Waals surface area contributed by atoms with Crippen molar-refractivity contribution in [1.29, 1.82) is 0 Å². The maximum atomic E-state index is 12.3. The summed E-state index contributed by atoms with van der Waals surface area (Å²) in [6.07, 6.45) is 6.51. The van der Waals surface area contributed by atoms with Crippen LogP contribution in [0.3, 0.4) is 0 Å². The van der Waals surface area contributed by atoms with E-state index in [1.165, 1.54) is 11.3 Å². The van der Waals surface area contributed by atoms with Crippen LogP contribution < -0.4 is 0 Å². The maximum Gasteiger partial charge on any atom is 0.246 e. The number of rotatable bonds is 4. The summed E-state index contributed by atoms with van der Waals surface area (Å²) in [6.45, 7) is 5.34. The van der Waals surface area contributed by atoms with E-state index in [9.17, 15) is 9.59 Å². The van der Waals surface area contributed by atoms with Crippen molar-refractivity contribution in [3.8, 4) is 0 Å². The number of carbonyl (C=O) groups is 2. The predicted molar refractivity (Wildman–Crippen MR) is 94.6 cm³/mol. The lowest BCUT2D eigenvalue weighted by atomic mass is 10.3. The Morgan fingerprint density at radius 3 is 2.58 bits per heavy atom. The molecule has 7 heteroatoms. The third-order valence-electron chi connectivity index (χ3n) is 4.57. The van der Waals surface area contributed by atoms with E-state index >= 15 is 0 Å². The molecule has 0 aliphatic carbocycles. The van der Waals surface area contributed by atoms with Gasteiger partial charge in [-0.15, -0.1) is 11.3 Å². The minimum atomic E-state index is 0.0238. The lowest BCUT2D eigenvalue weighted by Gasteiger charge is -2.23. The Morgan fingerprint density at radius 2 is 1.83 bits per heavy atom. The van der Waals surface area contributed by atoms with Crippen molar-refractivity contribution in [2.24, 2.45) is 0 Å². The lowest BCUT2D eigenvalue weighted by molar-refractivity contribution is -0.131. The normalized spacial score (nSPS) is 19.8. The Balaban J connectivity index is 1.47. The van der Waals surface area contributed by atoms with Crippen LogP contribution in [0.2, 0.25) is 0 Å². The summed E-state index contributed by atoms with van der Waals surface area (Å²) >= 11 is 1.52. The Bertz CT molecular complexity index is 581. The number of nitrogens with zero attached hydrogens (tertiary/aromatic N) is 4. The van der Waals surface area contributed by atoms with Crippen LogP contribution in [0.5, 0.6) is 0 Å². The average Bonchev–Trinajstić information content (AvgIpc) is 3.24. The first kappa shape index (κ1) is 17.1. The van der Waals surface area contributed by atoms with Gasteiger partial charge in [-0.3, -0.25) is 14.5 Å². The fraction of sp³-hybridized carbons (Fsp3) is 0.588. The van der Waals surface area contributed by atoms with Gasteiger partial charge in [0.25, 0.3) is 0 Å². The average molecular weight is 348 g/mol. The number of carbonyl (C=O) groups excluding carboxylic acids is 2. The molecule has 0 radical (unpaired) electrons. The van der Waals surface area contributed by atoms with E-state index in [-0.39, 0.29) is 11.8 Å². The third kappa shape index (κ3) is 4.64. The highest BCUT2D eigenvalue weighted by molar-refractivity contribution is 7.07. The first-order valence-electron chi connectivity index (χ1n) is 8.58. The fourth-order valence-corrected chi connectivity index (χ4v) is 3.70. The van der Waals surface area contributed by atoms with Crippen LogP contribution in [0.1, 0.15) is 25.0 Å². The van der Waals surface area contributed by atoms with Gasteiger partial charge in [0, 0.05) is 50.7 Å². The summed E-state index contributed by atoms with van der Waals surface area (Å²) in [7, 11) is 0. The van der Waals surface area contributed by atoms with Gasteiger partial charge in [0.15, 0.2) is 0 Å². The minimum Gasteiger partial charge on any atom is -0.342 e. The zero-order chi connectivity index (χ0) is 16.8. The number of aromatic nitrogens is 1. The molecule has 3 heterocycles. The van der Waals surface area contributed by atoms with Gasteiger partial charge < -0.3 is 9.80 Å². The van der Waals surface area contributed by atoms with E-state index < -0.39 is 0 Å². The molecule has 130 valence electrons. The van der Waals surface area contributed by atoms with E-state index in [0.717, 1.165) is 57.7 Å². The van der Waals surface area contributed by atoms with Gasteiger partial charge in [-0.2, -0.15) is 0 Å². The van der Waals surface area contributed by atoms with Crippen LogP contribution in [0.4, 0.5) is 0 Å². The molecule has 1 aromatic rings. The molecule has 2 fully saturated rings. The molecular formula is C17H24N4O2S. The van der Waals surface area contributed by atoms with Gasteiger partial charge >= 0.3 is 0 Å². The number of likely N-dealkylation sites (tertiary alicyclic amines) is 1. The predicted octanol–water partition coefficient (Wildman–Crippen LogP) is 1.31. The Morgan fingerprint density at radius 1 is 1.04 bits per heavy atom. The molecule has 2 aliphatic heterocycles. The second kappa shape index (κ2) is 8.39. The molecule has 24 heavy (non-hydrogen) atoms. The fourth-order valence-electron chi connectivity index (χ4n) is 3.17. The largest absolute Gasteiger partial charge is 0.342 e. The second-order valence-electron chi connectivity index (χ2n) is 6.29. The second-order valence-corrected chi connectivity index (χ2v) is 7.01. The zero-order valence-electron chi connectivity index (χ0n) is 13.9. The molecule has 2 aliphatic rings. The number of hydrogen-bond donors (Lipinski definition) is 0. The summed E-state index contributed by atoms with van der Waals surface area (Å²) in [5, 5.41) is 1.91. The van der Waals surface area contributed by atoms with Gasteiger partial charge in [-0.25, -0.2) is 4.98 Å². The smallest absolute Gasteiger partial charge is 0.246 e. The van der Waals surface area contributed by atoms with Gasteiger partial charge in [-0.1, -0.05) is 0 Å². The van der Waals surface area contributed by atoms with E-state index in [0.29, 0.717) is 13.1 Å².